The Morgan fingerprint density at radius 2 is 1.72 bits per heavy atom. The van der Waals surface area contributed by atoms with Crippen molar-refractivity contribution in [2.75, 3.05) is 6.54 Å². The van der Waals surface area contributed by atoms with Crippen molar-refractivity contribution in [2.24, 2.45) is 7.05 Å². The third kappa shape index (κ3) is 4.94. The molecule has 2 amide bonds. The highest BCUT2D eigenvalue weighted by Gasteiger charge is 2.02. The maximum Gasteiger partial charge on any atom is 0.315 e. The fourth-order valence-electron chi connectivity index (χ4n) is 2.60. The van der Waals surface area contributed by atoms with Gasteiger partial charge in [-0.15, -0.1) is 0 Å². The van der Waals surface area contributed by atoms with Gasteiger partial charge in [0.2, 0.25) is 0 Å². The Hall–Kier alpha value is -3.08. The Morgan fingerprint density at radius 3 is 2.40 bits per heavy atom. The Morgan fingerprint density at radius 1 is 0.960 bits per heavy atom. The third-order valence-electron chi connectivity index (χ3n) is 3.99. The first-order chi connectivity index (χ1) is 12.2. The van der Waals surface area contributed by atoms with Crippen LogP contribution in [0, 0.1) is 0 Å². The minimum Gasteiger partial charge on any atom is -0.338 e. The lowest BCUT2D eigenvalue weighted by Crippen LogP contribution is -2.36. The Bertz CT molecular complexity index is 809. The number of aryl methyl sites for hydroxylation is 1. The molecule has 0 saturated heterocycles. The van der Waals surface area contributed by atoms with Crippen LogP contribution >= 0.6 is 0 Å². The van der Waals surface area contributed by atoms with Crippen LogP contribution in [0.3, 0.4) is 0 Å². The number of nitrogens with zero attached hydrogens (tertiary/aromatic N) is 2. The predicted octanol–water partition coefficient (Wildman–Crippen LogP) is 3.13. The van der Waals surface area contributed by atoms with E-state index in [9.17, 15) is 4.79 Å². The van der Waals surface area contributed by atoms with Crippen LogP contribution in [0.4, 0.5) is 4.79 Å². The molecule has 128 valence electrons. The molecule has 0 radical (unpaired) electrons. The molecule has 0 aliphatic rings. The van der Waals surface area contributed by atoms with Crippen LogP contribution < -0.4 is 10.6 Å². The zero-order valence-corrected chi connectivity index (χ0v) is 14.3. The first-order valence-electron chi connectivity index (χ1n) is 8.34. The largest absolute Gasteiger partial charge is 0.338 e. The number of rotatable bonds is 6. The van der Waals surface area contributed by atoms with Gasteiger partial charge < -0.3 is 10.6 Å². The highest BCUT2D eigenvalue weighted by atomic mass is 16.2. The summed E-state index contributed by atoms with van der Waals surface area (Å²) in [4.78, 5) is 11.8. The number of amides is 2. The summed E-state index contributed by atoms with van der Waals surface area (Å²) >= 11 is 0. The minimum atomic E-state index is -0.143. The molecule has 0 unspecified atom stereocenters. The molecule has 3 rings (SSSR count). The lowest BCUT2D eigenvalue weighted by molar-refractivity contribution is 0.240. The van der Waals surface area contributed by atoms with Crippen LogP contribution in [0.2, 0.25) is 0 Å². The topological polar surface area (TPSA) is 59.0 Å². The number of carbonyl (C=O) groups excluding carboxylic acids is 1. The second-order valence-corrected chi connectivity index (χ2v) is 5.94. The molecule has 5 nitrogen and oxygen atoms in total. The third-order valence-corrected chi connectivity index (χ3v) is 3.99. The van der Waals surface area contributed by atoms with E-state index in [1.54, 1.807) is 4.68 Å². The van der Waals surface area contributed by atoms with Crippen LogP contribution in [0.25, 0.3) is 11.1 Å². The normalized spacial score (nSPS) is 10.4. The molecule has 3 aromatic rings. The van der Waals surface area contributed by atoms with Crippen molar-refractivity contribution in [1.29, 1.82) is 0 Å². The van der Waals surface area contributed by atoms with Gasteiger partial charge in [0.15, 0.2) is 0 Å². The number of benzene rings is 2. The smallest absolute Gasteiger partial charge is 0.315 e. The monoisotopic (exact) mass is 334 g/mol. The van der Waals surface area contributed by atoms with Gasteiger partial charge in [0.05, 0.1) is 6.20 Å². The summed E-state index contributed by atoms with van der Waals surface area (Å²) in [6.07, 6.45) is 4.65. The highest BCUT2D eigenvalue weighted by molar-refractivity contribution is 5.73. The fourth-order valence-corrected chi connectivity index (χ4v) is 2.60. The van der Waals surface area contributed by atoms with Crippen LogP contribution in [0.5, 0.6) is 0 Å². The zero-order valence-electron chi connectivity index (χ0n) is 14.3. The molecule has 0 aliphatic carbocycles. The Labute approximate surface area is 147 Å². The number of hydrogen-bond donors (Lipinski definition) is 2. The van der Waals surface area contributed by atoms with Crippen LogP contribution in [0.1, 0.15) is 11.1 Å². The SMILES string of the molecule is Cn1cc(-c2ccc(CCNC(=O)NCc3ccccc3)cc2)cn1. The zero-order chi connectivity index (χ0) is 17.5. The van der Waals surface area contributed by atoms with Gasteiger partial charge in [-0.25, -0.2) is 4.79 Å². The molecular weight excluding hydrogens is 312 g/mol. The lowest BCUT2D eigenvalue weighted by Gasteiger charge is -2.08. The molecule has 1 heterocycles. The molecule has 0 spiro atoms. The molecular formula is C20H22N4O. The molecule has 0 fully saturated rings. The average molecular weight is 334 g/mol. The Kier molecular flexibility index (Phi) is 5.46. The first-order valence-corrected chi connectivity index (χ1v) is 8.34. The van der Waals surface area contributed by atoms with Crippen molar-refractivity contribution in [3.8, 4) is 11.1 Å². The van der Waals surface area contributed by atoms with E-state index in [4.69, 9.17) is 0 Å². The van der Waals surface area contributed by atoms with Gasteiger partial charge in [-0.3, -0.25) is 4.68 Å². The standard InChI is InChI=1S/C20H22N4O/c1-24-15-19(14-23-24)18-9-7-16(8-10-18)11-12-21-20(25)22-13-17-5-3-2-4-6-17/h2-10,14-15H,11-13H2,1H3,(H2,21,22,25). The molecule has 1 aromatic heterocycles. The van der Waals surface area contributed by atoms with Gasteiger partial charge in [-0.05, 0) is 23.1 Å². The van der Waals surface area contributed by atoms with Crippen LogP contribution in [-0.4, -0.2) is 22.4 Å². The second-order valence-electron chi connectivity index (χ2n) is 5.94. The maximum atomic E-state index is 11.8. The summed E-state index contributed by atoms with van der Waals surface area (Å²) in [5, 5.41) is 9.93. The number of hydrogen-bond acceptors (Lipinski definition) is 2. The van der Waals surface area contributed by atoms with Gasteiger partial charge in [0.1, 0.15) is 0 Å². The predicted molar refractivity (Wildman–Crippen MR) is 99.0 cm³/mol. The van der Waals surface area contributed by atoms with Gasteiger partial charge >= 0.3 is 6.03 Å². The lowest BCUT2D eigenvalue weighted by atomic mass is 10.1. The summed E-state index contributed by atoms with van der Waals surface area (Å²) in [6.45, 7) is 1.14. The molecule has 25 heavy (non-hydrogen) atoms. The first kappa shape index (κ1) is 16.8. The summed E-state index contributed by atoms with van der Waals surface area (Å²) in [7, 11) is 1.91. The minimum absolute atomic E-state index is 0.143. The average Bonchev–Trinajstić information content (AvgIpc) is 3.08. The highest BCUT2D eigenvalue weighted by Crippen LogP contribution is 2.18. The number of aromatic nitrogens is 2. The molecule has 0 atom stereocenters. The van der Waals surface area contributed by atoms with Crippen LogP contribution in [0.15, 0.2) is 67.0 Å². The molecule has 0 saturated carbocycles. The number of nitrogens with one attached hydrogen (secondary N) is 2. The summed E-state index contributed by atoms with van der Waals surface area (Å²) in [5.41, 5.74) is 4.53. The van der Waals surface area contributed by atoms with Crippen molar-refractivity contribution in [1.82, 2.24) is 20.4 Å². The Balaban J connectivity index is 1.42. The maximum absolute atomic E-state index is 11.8. The summed E-state index contributed by atoms with van der Waals surface area (Å²) in [5.74, 6) is 0. The van der Waals surface area contributed by atoms with E-state index in [0.717, 1.165) is 23.1 Å². The van der Waals surface area contributed by atoms with E-state index in [0.29, 0.717) is 13.1 Å². The number of urea groups is 1. The van der Waals surface area contributed by atoms with Crippen LogP contribution in [-0.2, 0) is 20.0 Å². The van der Waals surface area contributed by atoms with Crippen molar-refractivity contribution in [3.63, 3.8) is 0 Å². The van der Waals surface area contributed by atoms with Crippen molar-refractivity contribution in [2.45, 2.75) is 13.0 Å². The van der Waals surface area contributed by atoms with E-state index in [1.807, 2.05) is 49.8 Å². The van der Waals surface area contributed by atoms with Gasteiger partial charge in [-0.2, -0.15) is 5.10 Å². The quantitative estimate of drug-likeness (QED) is 0.727. The molecule has 0 aliphatic heterocycles. The van der Waals surface area contributed by atoms with Crippen molar-refractivity contribution >= 4 is 6.03 Å². The van der Waals surface area contributed by atoms with E-state index in [-0.39, 0.29) is 6.03 Å². The van der Waals surface area contributed by atoms with Crippen molar-refractivity contribution in [3.05, 3.63) is 78.1 Å². The van der Waals surface area contributed by atoms with Crippen molar-refractivity contribution < 1.29 is 4.79 Å². The molecule has 0 bridgehead atoms. The molecule has 2 aromatic carbocycles. The van der Waals surface area contributed by atoms with E-state index >= 15 is 0 Å². The van der Waals surface area contributed by atoms with E-state index < -0.39 is 0 Å². The number of carbonyl (C=O) groups is 1. The molecule has 5 heteroatoms. The second kappa shape index (κ2) is 8.15. The molecule has 2 N–H and O–H groups in total. The van der Waals surface area contributed by atoms with E-state index in [2.05, 4.69) is 40.0 Å². The fraction of sp³-hybridized carbons (Fsp3) is 0.200. The summed E-state index contributed by atoms with van der Waals surface area (Å²) < 4.78 is 1.79. The van der Waals surface area contributed by atoms with Gasteiger partial charge in [0.25, 0.3) is 0 Å². The van der Waals surface area contributed by atoms with E-state index in [1.165, 1.54) is 5.56 Å². The van der Waals surface area contributed by atoms with Gasteiger partial charge in [-0.1, -0.05) is 54.6 Å². The van der Waals surface area contributed by atoms with Gasteiger partial charge in [0, 0.05) is 31.9 Å². The summed E-state index contributed by atoms with van der Waals surface area (Å²) in [6, 6.07) is 18.1.